The fourth-order valence-corrected chi connectivity index (χ4v) is 2.20. The Hall–Kier alpha value is -0.570. The zero-order valence-corrected chi connectivity index (χ0v) is 12.4. The highest BCUT2D eigenvalue weighted by Crippen LogP contribution is 2.12. The summed E-state index contributed by atoms with van der Waals surface area (Å²) in [6.45, 7) is 0.729. The Bertz CT molecular complexity index is 300. The van der Waals surface area contributed by atoms with Crippen LogP contribution in [0.25, 0.3) is 0 Å². The van der Waals surface area contributed by atoms with E-state index in [-0.39, 0.29) is 5.82 Å². The minimum Gasteiger partial charge on any atom is -0.494 e. The first-order chi connectivity index (χ1) is 8.83. The van der Waals surface area contributed by atoms with Crippen molar-refractivity contribution in [3.8, 4) is 5.75 Å². The standard InChI is InChI=1S/C15H22BrFO/c16-12-6-4-2-1-3-5-7-13-18-15-10-8-14(17)9-11-15/h8-11H,1-7,12-13H2. The van der Waals surface area contributed by atoms with Crippen molar-refractivity contribution < 1.29 is 9.13 Å². The Morgan fingerprint density at radius 1 is 0.833 bits per heavy atom. The maximum absolute atomic E-state index is 12.6. The van der Waals surface area contributed by atoms with Crippen LogP contribution in [0.5, 0.6) is 5.75 Å². The zero-order valence-electron chi connectivity index (χ0n) is 10.8. The van der Waals surface area contributed by atoms with E-state index in [4.69, 9.17) is 4.74 Å². The Kier molecular flexibility index (Phi) is 8.92. The van der Waals surface area contributed by atoms with Gasteiger partial charge in [0.05, 0.1) is 6.61 Å². The van der Waals surface area contributed by atoms with Crippen molar-refractivity contribution in [3.05, 3.63) is 30.1 Å². The van der Waals surface area contributed by atoms with Gasteiger partial charge in [-0.3, -0.25) is 0 Å². The summed E-state index contributed by atoms with van der Waals surface area (Å²) in [7, 11) is 0. The lowest BCUT2D eigenvalue weighted by molar-refractivity contribution is 0.304. The van der Waals surface area contributed by atoms with E-state index in [1.54, 1.807) is 12.1 Å². The van der Waals surface area contributed by atoms with Crippen LogP contribution in [0.3, 0.4) is 0 Å². The molecule has 0 aliphatic carbocycles. The molecule has 0 radical (unpaired) electrons. The summed E-state index contributed by atoms with van der Waals surface area (Å²) >= 11 is 3.44. The van der Waals surface area contributed by atoms with E-state index in [1.807, 2.05) is 0 Å². The third-order valence-electron chi connectivity index (χ3n) is 2.86. The molecule has 3 heteroatoms. The third kappa shape index (κ3) is 7.70. The first-order valence-electron chi connectivity index (χ1n) is 6.77. The molecular formula is C15H22BrFO. The predicted octanol–water partition coefficient (Wildman–Crippen LogP) is 5.33. The number of unbranched alkanes of at least 4 members (excludes halogenated alkanes) is 6. The van der Waals surface area contributed by atoms with Crippen molar-refractivity contribution in [2.24, 2.45) is 0 Å². The van der Waals surface area contributed by atoms with E-state index < -0.39 is 0 Å². The maximum Gasteiger partial charge on any atom is 0.123 e. The van der Waals surface area contributed by atoms with Crippen molar-refractivity contribution >= 4 is 15.9 Å². The molecule has 0 saturated carbocycles. The first kappa shape index (κ1) is 15.5. The van der Waals surface area contributed by atoms with E-state index in [9.17, 15) is 4.39 Å². The van der Waals surface area contributed by atoms with Crippen LogP contribution < -0.4 is 4.74 Å². The third-order valence-corrected chi connectivity index (χ3v) is 3.42. The normalized spacial score (nSPS) is 10.6. The van der Waals surface area contributed by atoms with Gasteiger partial charge in [0.2, 0.25) is 0 Å². The molecule has 0 fully saturated rings. The molecule has 1 rings (SSSR count). The largest absolute Gasteiger partial charge is 0.494 e. The van der Waals surface area contributed by atoms with Crippen molar-refractivity contribution in [3.63, 3.8) is 0 Å². The first-order valence-corrected chi connectivity index (χ1v) is 7.89. The van der Waals surface area contributed by atoms with Gasteiger partial charge in [-0.25, -0.2) is 4.39 Å². The lowest BCUT2D eigenvalue weighted by Crippen LogP contribution is -1.97. The SMILES string of the molecule is Fc1ccc(OCCCCCCCCCBr)cc1. The highest BCUT2D eigenvalue weighted by Gasteiger charge is 1.95. The number of ether oxygens (including phenoxy) is 1. The van der Waals surface area contributed by atoms with Crippen molar-refractivity contribution in [1.29, 1.82) is 0 Å². The molecule has 1 aromatic carbocycles. The van der Waals surface area contributed by atoms with Gasteiger partial charge >= 0.3 is 0 Å². The van der Waals surface area contributed by atoms with Gasteiger partial charge in [0, 0.05) is 5.33 Å². The molecule has 0 aromatic heterocycles. The number of hydrogen-bond donors (Lipinski definition) is 0. The summed E-state index contributed by atoms with van der Waals surface area (Å²) in [4.78, 5) is 0. The average molecular weight is 317 g/mol. The molecule has 0 bridgehead atoms. The molecule has 0 amide bonds. The maximum atomic E-state index is 12.6. The molecule has 0 atom stereocenters. The van der Waals surface area contributed by atoms with Crippen molar-refractivity contribution in [2.45, 2.75) is 44.9 Å². The molecule has 0 heterocycles. The summed E-state index contributed by atoms with van der Waals surface area (Å²) < 4.78 is 18.2. The lowest BCUT2D eigenvalue weighted by atomic mass is 10.1. The van der Waals surface area contributed by atoms with Gasteiger partial charge in [-0.1, -0.05) is 48.0 Å². The fourth-order valence-electron chi connectivity index (χ4n) is 1.80. The Morgan fingerprint density at radius 3 is 2.00 bits per heavy atom. The van der Waals surface area contributed by atoms with Crippen molar-refractivity contribution in [2.75, 3.05) is 11.9 Å². The molecule has 0 aliphatic rings. The number of rotatable bonds is 10. The fraction of sp³-hybridized carbons (Fsp3) is 0.600. The number of benzene rings is 1. The molecule has 0 saturated heterocycles. The summed E-state index contributed by atoms with van der Waals surface area (Å²) in [5.41, 5.74) is 0. The number of alkyl halides is 1. The van der Waals surface area contributed by atoms with Gasteiger partial charge < -0.3 is 4.74 Å². The molecule has 102 valence electrons. The van der Waals surface area contributed by atoms with Gasteiger partial charge in [0.1, 0.15) is 11.6 Å². The minimum atomic E-state index is -0.217. The number of halogens is 2. The van der Waals surface area contributed by atoms with Crippen LogP contribution in [0.4, 0.5) is 4.39 Å². The molecule has 0 unspecified atom stereocenters. The quantitative estimate of drug-likeness (QED) is 0.418. The van der Waals surface area contributed by atoms with E-state index in [1.165, 1.54) is 50.7 Å². The predicted molar refractivity (Wildman–Crippen MR) is 78.0 cm³/mol. The van der Waals surface area contributed by atoms with Gasteiger partial charge in [0.15, 0.2) is 0 Å². The molecule has 1 aromatic rings. The molecule has 0 N–H and O–H groups in total. The topological polar surface area (TPSA) is 9.23 Å². The van der Waals surface area contributed by atoms with Gasteiger partial charge in [-0.05, 0) is 37.1 Å². The second kappa shape index (κ2) is 10.4. The molecule has 1 nitrogen and oxygen atoms in total. The summed E-state index contributed by atoms with van der Waals surface area (Å²) in [5.74, 6) is 0.541. The van der Waals surface area contributed by atoms with E-state index in [2.05, 4.69) is 15.9 Å². The van der Waals surface area contributed by atoms with Gasteiger partial charge in [-0.2, -0.15) is 0 Å². The van der Waals surface area contributed by atoms with Crippen LogP contribution in [0.15, 0.2) is 24.3 Å². The highest BCUT2D eigenvalue weighted by molar-refractivity contribution is 9.09. The van der Waals surface area contributed by atoms with Crippen LogP contribution in [-0.2, 0) is 0 Å². The second-order valence-corrected chi connectivity index (χ2v) is 5.26. The van der Waals surface area contributed by atoms with Crippen LogP contribution in [0.2, 0.25) is 0 Å². The molecule has 0 aliphatic heterocycles. The highest BCUT2D eigenvalue weighted by atomic mass is 79.9. The van der Waals surface area contributed by atoms with E-state index in [0.717, 1.165) is 24.1 Å². The summed E-state index contributed by atoms with van der Waals surface area (Å²) in [6, 6.07) is 6.21. The second-order valence-electron chi connectivity index (χ2n) is 4.47. The van der Waals surface area contributed by atoms with Crippen LogP contribution >= 0.6 is 15.9 Å². The lowest BCUT2D eigenvalue weighted by Gasteiger charge is -2.05. The summed E-state index contributed by atoms with van der Waals surface area (Å²) in [5, 5.41) is 1.12. The van der Waals surface area contributed by atoms with E-state index in [0.29, 0.717) is 0 Å². The van der Waals surface area contributed by atoms with Crippen LogP contribution in [-0.4, -0.2) is 11.9 Å². The number of hydrogen-bond acceptors (Lipinski definition) is 1. The molecular weight excluding hydrogens is 295 g/mol. The summed E-state index contributed by atoms with van der Waals surface area (Å²) in [6.07, 6.45) is 8.86. The molecule has 18 heavy (non-hydrogen) atoms. The smallest absolute Gasteiger partial charge is 0.123 e. The Balaban J connectivity index is 1.91. The average Bonchev–Trinajstić information content (AvgIpc) is 2.39. The monoisotopic (exact) mass is 316 g/mol. The van der Waals surface area contributed by atoms with Crippen molar-refractivity contribution in [1.82, 2.24) is 0 Å². The van der Waals surface area contributed by atoms with Crippen LogP contribution in [0.1, 0.15) is 44.9 Å². The van der Waals surface area contributed by atoms with Gasteiger partial charge in [0.25, 0.3) is 0 Å². The minimum absolute atomic E-state index is 0.217. The Labute approximate surface area is 118 Å². The van der Waals surface area contributed by atoms with Gasteiger partial charge in [-0.15, -0.1) is 0 Å². The van der Waals surface area contributed by atoms with E-state index >= 15 is 0 Å². The zero-order chi connectivity index (χ0) is 13.1. The molecule has 0 spiro atoms. The van der Waals surface area contributed by atoms with Crippen LogP contribution in [0, 0.1) is 5.82 Å². The Morgan fingerprint density at radius 2 is 1.39 bits per heavy atom.